The summed E-state index contributed by atoms with van der Waals surface area (Å²) < 4.78 is 2.12. The Labute approximate surface area is 51.9 Å². The SMILES string of the molecule is [c]1cn2c(n1)SCC2. The first-order chi connectivity index (χ1) is 3.97. The second-order valence-corrected chi connectivity index (χ2v) is 2.76. The van der Waals surface area contributed by atoms with E-state index in [0.29, 0.717) is 0 Å². The van der Waals surface area contributed by atoms with Gasteiger partial charge in [0.05, 0.1) is 0 Å². The van der Waals surface area contributed by atoms with Crippen LogP contribution in [0.1, 0.15) is 0 Å². The highest BCUT2D eigenvalue weighted by Gasteiger charge is 2.09. The van der Waals surface area contributed by atoms with Gasteiger partial charge in [0.2, 0.25) is 0 Å². The summed E-state index contributed by atoms with van der Waals surface area (Å²) in [6.45, 7) is 1.11. The molecule has 0 unspecified atom stereocenters. The van der Waals surface area contributed by atoms with Crippen LogP contribution >= 0.6 is 11.8 Å². The van der Waals surface area contributed by atoms with Crippen LogP contribution in [0.15, 0.2) is 11.4 Å². The molecule has 2 nitrogen and oxygen atoms in total. The first kappa shape index (κ1) is 4.44. The molecule has 2 heterocycles. The van der Waals surface area contributed by atoms with Crippen molar-refractivity contribution in [3.8, 4) is 0 Å². The molecule has 1 aliphatic rings. The van der Waals surface area contributed by atoms with Crippen LogP contribution in [-0.2, 0) is 6.54 Å². The lowest BCUT2D eigenvalue weighted by atomic mass is 10.7. The van der Waals surface area contributed by atoms with E-state index in [1.54, 1.807) is 11.8 Å². The predicted octanol–water partition coefficient (Wildman–Crippen LogP) is 0.789. The van der Waals surface area contributed by atoms with Crippen LogP contribution in [-0.4, -0.2) is 15.3 Å². The summed E-state index contributed by atoms with van der Waals surface area (Å²) >= 11 is 1.80. The van der Waals surface area contributed by atoms with Crippen molar-refractivity contribution in [2.24, 2.45) is 0 Å². The Kier molecular flexibility index (Phi) is 0.842. The number of fused-ring (bicyclic) bond motifs is 1. The molecule has 0 amide bonds. The van der Waals surface area contributed by atoms with Gasteiger partial charge in [-0.25, -0.2) is 4.98 Å². The molecule has 1 radical (unpaired) electrons. The van der Waals surface area contributed by atoms with Crippen LogP contribution in [0, 0.1) is 6.20 Å². The van der Waals surface area contributed by atoms with E-state index in [1.165, 1.54) is 5.75 Å². The Bertz CT molecular complexity index is 176. The highest BCUT2D eigenvalue weighted by Crippen LogP contribution is 2.21. The quantitative estimate of drug-likeness (QED) is 0.510. The van der Waals surface area contributed by atoms with Crippen molar-refractivity contribution < 1.29 is 0 Å². The molecule has 0 fully saturated rings. The molecule has 0 spiro atoms. The maximum atomic E-state index is 4.00. The summed E-state index contributed by atoms with van der Waals surface area (Å²) in [5, 5.41) is 1.12. The number of hydrogen-bond acceptors (Lipinski definition) is 2. The molecular weight excluding hydrogens is 120 g/mol. The molecule has 0 bridgehead atoms. The van der Waals surface area contributed by atoms with Gasteiger partial charge >= 0.3 is 0 Å². The molecule has 2 rings (SSSR count). The molecule has 1 aliphatic heterocycles. The Morgan fingerprint density at radius 3 is 3.75 bits per heavy atom. The molecule has 3 heteroatoms. The van der Waals surface area contributed by atoms with Crippen molar-refractivity contribution in [1.82, 2.24) is 9.55 Å². The molecule has 1 aromatic rings. The van der Waals surface area contributed by atoms with E-state index >= 15 is 0 Å². The van der Waals surface area contributed by atoms with Crippen molar-refractivity contribution in [2.75, 3.05) is 5.75 Å². The smallest absolute Gasteiger partial charge is 0.168 e. The lowest BCUT2D eigenvalue weighted by Gasteiger charge is -1.86. The highest BCUT2D eigenvalue weighted by molar-refractivity contribution is 7.99. The summed E-state index contributed by atoms with van der Waals surface area (Å²) in [5.74, 6) is 1.18. The molecule has 0 atom stereocenters. The van der Waals surface area contributed by atoms with E-state index in [1.807, 2.05) is 6.20 Å². The minimum Gasteiger partial charge on any atom is -0.324 e. The number of hydrogen-bond donors (Lipinski definition) is 0. The number of rotatable bonds is 0. The molecule has 0 saturated heterocycles. The Morgan fingerprint density at radius 1 is 1.88 bits per heavy atom. The van der Waals surface area contributed by atoms with Crippen LogP contribution in [0.5, 0.6) is 0 Å². The van der Waals surface area contributed by atoms with Crippen molar-refractivity contribution in [3.63, 3.8) is 0 Å². The van der Waals surface area contributed by atoms with Crippen LogP contribution < -0.4 is 0 Å². The Morgan fingerprint density at radius 2 is 2.88 bits per heavy atom. The number of aryl methyl sites for hydroxylation is 1. The second-order valence-electron chi connectivity index (χ2n) is 1.69. The first-order valence-corrected chi connectivity index (χ1v) is 3.51. The monoisotopic (exact) mass is 125 g/mol. The van der Waals surface area contributed by atoms with E-state index < -0.39 is 0 Å². The number of thioether (sulfide) groups is 1. The highest BCUT2D eigenvalue weighted by atomic mass is 32.2. The molecule has 0 aliphatic carbocycles. The molecule has 0 saturated carbocycles. The van der Waals surface area contributed by atoms with Gasteiger partial charge in [-0.05, 0) is 0 Å². The Balaban J connectivity index is 2.54. The molecule has 41 valence electrons. The van der Waals surface area contributed by atoms with E-state index in [4.69, 9.17) is 0 Å². The van der Waals surface area contributed by atoms with Gasteiger partial charge in [-0.2, -0.15) is 0 Å². The van der Waals surface area contributed by atoms with Gasteiger partial charge in [-0.1, -0.05) is 11.8 Å². The molecule has 1 aromatic heterocycles. The van der Waals surface area contributed by atoms with E-state index in [-0.39, 0.29) is 0 Å². The lowest BCUT2D eigenvalue weighted by molar-refractivity contribution is 0.719. The largest absolute Gasteiger partial charge is 0.324 e. The number of imidazole rings is 1. The normalized spacial score (nSPS) is 16.5. The Hall–Kier alpha value is -0.440. The summed E-state index contributed by atoms with van der Waals surface area (Å²) in [6.07, 6.45) is 4.69. The third kappa shape index (κ3) is 0.478. The molecule has 0 N–H and O–H groups in total. The van der Waals surface area contributed by atoms with Gasteiger partial charge in [-0.15, -0.1) is 0 Å². The van der Waals surface area contributed by atoms with Crippen LogP contribution in [0.4, 0.5) is 0 Å². The third-order valence-electron chi connectivity index (χ3n) is 1.18. The minimum atomic E-state index is 1.11. The zero-order valence-electron chi connectivity index (χ0n) is 4.29. The maximum Gasteiger partial charge on any atom is 0.168 e. The third-order valence-corrected chi connectivity index (χ3v) is 2.15. The van der Waals surface area contributed by atoms with Gasteiger partial charge in [0.15, 0.2) is 5.16 Å². The van der Waals surface area contributed by atoms with E-state index in [2.05, 4.69) is 15.7 Å². The summed E-state index contributed by atoms with van der Waals surface area (Å²) in [5.41, 5.74) is 0. The zero-order valence-corrected chi connectivity index (χ0v) is 5.11. The van der Waals surface area contributed by atoms with Crippen LogP contribution in [0.2, 0.25) is 0 Å². The second kappa shape index (κ2) is 1.52. The topological polar surface area (TPSA) is 17.8 Å². The van der Waals surface area contributed by atoms with Gasteiger partial charge in [0, 0.05) is 18.5 Å². The standard InChI is InChI=1S/C5H5N2S/c1-2-7-3-4-8-5(7)6-1/h2H,3-4H2. The lowest BCUT2D eigenvalue weighted by Crippen LogP contribution is -1.88. The van der Waals surface area contributed by atoms with Crippen molar-refractivity contribution in [1.29, 1.82) is 0 Å². The molecule has 0 aromatic carbocycles. The van der Waals surface area contributed by atoms with Crippen molar-refractivity contribution in [2.45, 2.75) is 11.7 Å². The van der Waals surface area contributed by atoms with Gasteiger partial charge in [-0.3, -0.25) is 0 Å². The van der Waals surface area contributed by atoms with Crippen LogP contribution in [0.25, 0.3) is 0 Å². The summed E-state index contributed by atoms with van der Waals surface area (Å²) in [6, 6.07) is 0. The summed E-state index contributed by atoms with van der Waals surface area (Å²) in [4.78, 5) is 4.00. The average Bonchev–Trinajstić information content (AvgIpc) is 2.15. The van der Waals surface area contributed by atoms with Gasteiger partial charge in [0.25, 0.3) is 0 Å². The molecular formula is C5H5N2S. The van der Waals surface area contributed by atoms with E-state index in [9.17, 15) is 0 Å². The fourth-order valence-electron chi connectivity index (χ4n) is 0.784. The minimum absolute atomic E-state index is 1.11. The summed E-state index contributed by atoms with van der Waals surface area (Å²) in [7, 11) is 0. The van der Waals surface area contributed by atoms with Gasteiger partial charge in [0.1, 0.15) is 6.20 Å². The van der Waals surface area contributed by atoms with Crippen molar-refractivity contribution in [3.05, 3.63) is 12.4 Å². The van der Waals surface area contributed by atoms with Crippen molar-refractivity contribution >= 4 is 11.8 Å². The predicted molar refractivity (Wildman–Crippen MR) is 31.8 cm³/mol. The van der Waals surface area contributed by atoms with Gasteiger partial charge < -0.3 is 4.57 Å². The number of nitrogens with zero attached hydrogens (tertiary/aromatic N) is 2. The van der Waals surface area contributed by atoms with E-state index in [0.717, 1.165) is 11.7 Å². The maximum absolute atomic E-state index is 4.00. The number of aromatic nitrogens is 2. The zero-order chi connectivity index (χ0) is 5.40. The average molecular weight is 125 g/mol. The van der Waals surface area contributed by atoms with Crippen LogP contribution in [0.3, 0.4) is 0 Å². The molecule has 8 heavy (non-hydrogen) atoms. The fraction of sp³-hybridized carbons (Fsp3) is 0.400. The first-order valence-electron chi connectivity index (χ1n) is 2.53. The fourth-order valence-corrected chi connectivity index (χ4v) is 1.68.